The predicted octanol–water partition coefficient (Wildman–Crippen LogP) is 3.14. The Bertz CT molecular complexity index is 799. The Labute approximate surface area is 162 Å². The summed E-state index contributed by atoms with van der Waals surface area (Å²) < 4.78 is 26.7. The van der Waals surface area contributed by atoms with Gasteiger partial charge in [-0.05, 0) is 24.6 Å². The van der Waals surface area contributed by atoms with Gasteiger partial charge in [-0.25, -0.2) is 4.98 Å². The van der Waals surface area contributed by atoms with Crippen LogP contribution < -0.4 is 10.2 Å². The molecular weight excluding hydrogens is 374 g/mol. The number of rotatable bonds is 4. The quantitative estimate of drug-likeness (QED) is 0.637. The van der Waals surface area contributed by atoms with Gasteiger partial charge in [0.05, 0.1) is 6.54 Å². The van der Waals surface area contributed by atoms with Gasteiger partial charge in [0, 0.05) is 56.3 Å². The third kappa shape index (κ3) is 4.50. The first kappa shape index (κ1) is 19.4. The lowest BCUT2D eigenvalue weighted by atomic mass is 10.1. The largest absolute Gasteiger partial charge is 0.368 e. The first-order valence-corrected chi connectivity index (χ1v) is 9.14. The number of aliphatic imine (C=N–C) groups is 1. The number of alkyl halides is 2. The number of piperazine rings is 1. The normalized spacial score (nSPS) is 15.6. The fraction of sp³-hybridized carbons (Fsp3) is 0.444. The fourth-order valence-corrected chi connectivity index (χ4v) is 3.40. The van der Waals surface area contributed by atoms with Crippen LogP contribution in [0.5, 0.6) is 0 Å². The van der Waals surface area contributed by atoms with E-state index in [4.69, 9.17) is 11.6 Å². The summed E-state index contributed by atoms with van der Waals surface area (Å²) in [5.74, 6) is 0.959. The Balaban J connectivity index is 1.59. The Morgan fingerprint density at radius 2 is 2.04 bits per heavy atom. The van der Waals surface area contributed by atoms with Gasteiger partial charge in [-0.1, -0.05) is 17.7 Å². The molecule has 0 bridgehead atoms. The minimum atomic E-state index is -2.60. The average Bonchev–Trinajstić information content (AvgIpc) is 3.14. The topological polar surface area (TPSA) is 48.7 Å². The molecule has 1 aromatic carbocycles. The van der Waals surface area contributed by atoms with Crippen LogP contribution in [0.25, 0.3) is 0 Å². The standard InChI is InChI=1S/C18H23ClF2N6/c1-13-3-4-14(19)11-15(13)25-7-9-26(10-8-25)18(22-2)24-12-16-23-5-6-27(16)17(20)21/h3-6,11,17H,7-10,12H2,1-2H3,(H,22,24). The average molecular weight is 397 g/mol. The lowest BCUT2D eigenvalue weighted by Gasteiger charge is -2.38. The molecule has 0 aliphatic carbocycles. The van der Waals surface area contributed by atoms with E-state index in [9.17, 15) is 8.78 Å². The van der Waals surface area contributed by atoms with Crippen LogP contribution in [0.3, 0.4) is 0 Å². The number of benzene rings is 1. The molecule has 1 N–H and O–H groups in total. The first-order chi connectivity index (χ1) is 13.0. The second-order valence-electron chi connectivity index (χ2n) is 6.33. The maximum absolute atomic E-state index is 12.9. The molecule has 0 spiro atoms. The molecular formula is C18H23ClF2N6. The monoisotopic (exact) mass is 396 g/mol. The van der Waals surface area contributed by atoms with Crippen molar-refractivity contribution < 1.29 is 8.78 Å². The first-order valence-electron chi connectivity index (χ1n) is 8.76. The number of halogens is 3. The van der Waals surface area contributed by atoms with Crippen molar-refractivity contribution in [1.82, 2.24) is 19.8 Å². The lowest BCUT2D eigenvalue weighted by Crippen LogP contribution is -2.52. The van der Waals surface area contributed by atoms with Crippen LogP contribution in [0.15, 0.2) is 35.6 Å². The van der Waals surface area contributed by atoms with E-state index in [1.165, 1.54) is 18.0 Å². The molecule has 6 nitrogen and oxygen atoms in total. The van der Waals surface area contributed by atoms with Gasteiger partial charge in [0.2, 0.25) is 0 Å². The Morgan fingerprint density at radius 3 is 2.70 bits per heavy atom. The number of nitrogens with one attached hydrogen (secondary N) is 1. The number of aryl methyl sites for hydroxylation is 1. The van der Waals surface area contributed by atoms with Crippen molar-refractivity contribution >= 4 is 23.2 Å². The van der Waals surface area contributed by atoms with E-state index in [0.29, 0.717) is 5.96 Å². The summed E-state index contributed by atoms with van der Waals surface area (Å²) in [6, 6.07) is 5.91. The molecule has 1 aliphatic heterocycles. The molecule has 2 heterocycles. The van der Waals surface area contributed by atoms with Gasteiger partial charge in [0.25, 0.3) is 0 Å². The number of hydrogen-bond donors (Lipinski definition) is 1. The highest BCUT2D eigenvalue weighted by molar-refractivity contribution is 6.30. The van der Waals surface area contributed by atoms with Crippen LogP contribution in [0.1, 0.15) is 17.9 Å². The van der Waals surface area contributed by atoms with E-state index in [0.717, 1.165) is 41.5 Å². The van der Waals surface area contributed by atoms with Gasteiger partial charge in [0.15, 0.2) is 5.96 Å². The third-order valence-corrected chi connectivity index (χ3v) is 4.90. The van der Waals surface area contributed by atoms with Gasteiger partial charge in [-0.2, -0.15) is 8.78 Å². The van der Waals surface area contributed by atoms with E-state index in [1.807, 2.05) is 18.2 Å². The summed E-state index contributed by atoms with van der Waals surface area (Å²) in [6.45, 7) is 2.86. The zero-order chi connectivity index (χ0) is 19.4. The minimum Gasteiger partial charge on any atom is -0.368 e. The molecule has 0 atom stereocenters. The van der Waals surface area contributed by atoms with Crippen molar-refractivity contribution in [2.75, 3.05) is 38.1 Å². The molecule has 1 fully saturated rings. The van der Waals surface area contributed by atoms with Crippen LogP contribution >= 0.6 is 11.6 Å². The maximum Gasteiger partial charge on any atom is 0.319 e. The van der Waals surface area contributed by atoms with Crippen molar-refractivity contribution in [3.8, 4) is 0 Å². The second-order valence-corrected chi connectivity index (χ2v) is 6.77. The van der Waals surface area contributed by atoms with Crippen molar-refractivity contribution in [1.29, 1.82) is 0 Å². The number of imidazole rings is 1. The number of aromatic nitrogens is 2. The molecule has 0 radical (unpaired) electrons. The van der Waals surface area contributed by atoms with Crippen molar-refractivity contribution in [2.45, 2.75) is 20.0 Å². The number of anilines is 1. The van der Waals surface area contributed by atoms with Crippen LogP contribution in [0, 0.1) is 6.92 Å². The Morgan fingerprint density at radius 1 is 1.30 bits per heavy atom. The Hall–Kier alpha value is -2.35. The molecule has 146 valence electrons. The summed E-state index contributed by atoms with van der Waals surface area (Å²) in [5, 5.41) is 3.86. The van der Waals surface area contributed by atoms with Crippen LogP contribution in [0.2, 0.25) is 5.02 Å². The van der Waals surface area contributed by atoms with Crippen molar-refractivity contribution in [3.05, 3.63) is 47.0 Å². The van der Waals surface area contributed by atoms with E-state index in [-0.39, 0.29) is 12.4 Å². The molecule has 1 aromatic heterocycles. The van der Waals surface area contributed by atoms with Gasteiger partial charge >= 0.3 is 6.55 Å². The Kier molecular flexibility index (Phi) is 6.15. The highest BCUT2D eigenvalue weighted by Crippen LogP contribution is 2.25. The predicted molar refractivity (Wildman–Crippen MR) is 104 cm³/mol. The van der Waals surface area contributed by atoms with Gasteiger partial charge < -0.3 is 15.1 Å². The lowest BCUT2D eigenvalue weighted by molar-refractivity contribution is 0.0668. The highest BCUT2D eigenvalue weighted by atomic mass is 35.5. The summed E-state index contributed by atoms with van der Waals surface area (Å²) >= 11 is 6.14. The highest BCUT2D eigenvalue weighted by Gasteiger charge is 2.21. The molecule has 0 unspecified atom stereocenters. The minimum absolute atomic E-state index is 0.192. The van der Waals surface area contributed by atoms with E-state index >= 15 is 0 Å². The SMILES string of the molecule is CN=C(NCc1nccn1C(F)F)N1CCN(c2cc(Cl)ccc2C)CC1. The molecule has 27 heavy (non-hydrogen) atoms. The number of hydrogen-bond acceptors (Lipinski definition) is 3. The smallest absolute Gasteiger partial charge is 0.319 e. The summed E-state index contributed by atoms with van der Waals surface area (Å²) in [6.07, 6.45) is 2.65. The van der Waals surface area contributed by atoms with Gasteiger partial charge in [-0.3, -0.25) is 9.56 Å². The summed E-state index contributed by atoms with van der Waals surface area (Å²) in [7, 11) is 1.69. The molecule has 1 saturated heterocycles. The van der Waals surface area contributed by atoms with E-state index < -0.39 is 6.55 Å². The van der Waals surface area contributed by atoms with Crippen molar-refractivity contribution in [3.63, 3.8) is 0 Å². The van der Waals surface area contributed by atoms with Crippen LogP contribution in [-0.4, -0.2) is 53.6 Å². The maximum atomic E-state index is 12.9. The molecule has 0 saturated carbocycles. The van der Waals surface area contributed by atoms with Crippen LogP contribution in [0.4, 0.5) is 14.5 Å². The van der Waals surface area contributed by atoms with E-state index in [1.54, 1.807) is 7.05 Å². The molecule has 0 amide bonds. The summed E-state index contributed by atoms with van der Waals surface area (Å²) in [5.41, 5.74) is 2.33. The van der Waals surface area contributed by atoms with E-state index in [2.05, 4.69) is 32.0 Å². The summed E-state index contributed by atoms with van der Waals surface area (Å²) in [4.78, 5) is 12.7. The molecule has 3 rings (SSSR count). The van der Waals surface area contributed by atoms with Gasteiger partial charge in [0.1, 0.15) is 5.82 Å². The second kappa shape index (κ2) is 8.56. The zero-order valence-corrected chi connectivity index (χ0v) is 16.1. The molecule has 9 heteroatoms. The number of guanidine groups is 1. The fourth-order valence-electron chi connectivity index (χ4n) is 3.23. The van der Waals surface area contributed by atoms with Crippen molar-refractivity contribution in [2.24, 2.45) is 4.99 Å². The molecule has 1 aliphatic rings. The number of nitrogens with zero attached hydrogens (tertiary/aromatic N) is 5. The van der Waals surface area contributed by atoms with Gasteiger partial charge in [-0.15, -0.1) is 0 Å². The molecule has 2 aromatic rings. The zero-order valence-electron chi connectivity index (χ0n) is 15.4. The third-order valence-electron chi connectivity index (χ3n) is 4.67. The van der Waals surface area contributed by atoms with Crippen LogP contribution in [-0.2, 0) is 6.54 Å².